The summed E-state index contributed by atoms with van der Waals surface area (Å²) in [7, 11) is 5.59. The number of amides is 1. The van der Waals surface area contributed by atoms with Gasteiger partial charge < -0.3 is 15.0 Å². The van der Waals surface area contributed by atoms with Crippen LogP contribution in [0.3, 0.4) is 0 Å². The molecule has 0 spiro atoms. The number of carbonyl (C=O) groups is 1. The Kier molecular flexibility index (Phi) is 4.91. The molecule has 4 aromatic rings. The number of H-pyrrole nitrogens is 1. The number of hydrogen-bond acceptors (Lipinski definition) is 4. The Morgan fingerprint density at radius 2 is 1.72 bits per heavy atom. The maximum absolute atomic E-state index is 12.7. The van der Waals surface area contributed by atoms with E-state index in [1.54, 1.807) is 25.3 Å². The van der Waals surface area contributed by atoms with Crippen molar-refractivity contribution in [2.45, 2.75) is 0 Å². The van der Waals surface area contributed by atoms with Crippen molar-refractivity contribution in [3.05, 3.63) is 72.3 Å². The Morgan fingerprint density at radius 1 is 1.00 bits per heavy atom. The lowest BCUT2D eigenvalue weighted by atomic mass is 10.0. The second-order valence-corrected chi connectivity index (χ2v) is 6.93. The number of benzene rings is 3. The number of aromatic amines is 1. The summed E-state index contributed by atoms with van der Waals surface area (Å²) in [6.45, 7) is 0. The van der Waals surface area contributed by atoms with Crippen molar-refractivity contribution < 1.29 is 9.53 Å². The van der Waals surface area contributed by atoms with Crippen LogP contribution in [-0.4, -0.2) is 37.3 Å². The fraction of sp³-hybridized carbons (Fsp3) is 0.130. The maximum atomic E-state index is 12.7. The summed E-state index contributed by atoms with van der Waals surface area (Å²) in [6, 6.07) is 21.5. The number of fused-ring (bicyclic) bond motifs is 1. The second-order valence-electron chi connectivity index (χ2n) is 6.93. The Labute approximate surface area is 169 Å². The van der Waals surface area contributed by atoms with Crippen LogP contribution in [0.4, 0.5) is 11.5 Å². The minimum atomic E-state index is -0.265. The lowest BCUT2D eigenvalue weighted by molar-refractivity contribution is 0.102. The molecule has 6 heteroatoms. The molecule has 1 amide bonds. The van der Waals surface area contributed by atoms with Crippen LogP contribution in [0.25, 0.3) is 22.0 Å². The number of ether oxygens (including phenoxy) is 1. The van der Waals surface area contributed by atoms with Crippen LogP contribution in [0.1, 0.15) is 10.4 Å². The SMILES string of the molecule is COc1ccccc1C(=O)Nc1n[nH]c2cc(-c3ccc(N(C)C)cc3)ccc12. The summed E-state index contributed by atoms with van der Waals surface area (Å²) < 4.78 is 5.27. The summed E-state index contributed by atoms with van der Waals surface area (Å²) >= 11 is 0. The Bertz CT molecular complexity index is 1160. The molecule has 0 atom stereocenters. The number of anilines is 2. The molecule has 0 aliphatic heterocycles. The molecular formula is C23H22N4O2. The summed E-state index contributed by atoms with van der Waals surface area (Å²) in [5, 5.41) is 11.0. The van der Waals surface area contributed by atoms with E-state index in [-0.39, 0.29) is 5.91 Å². The molecule has 0 fully saturated rings. The maximum Gasteiger partial charge on any atom is 0.260 e. The third-order valence-corrected chi connectivity index (χ3v) is 4.86. The zero-order valence-corrected chi connectivity index (χ0v) is 16.6. The lowest BCUT2D eigenvalue weighted by Crippen LogP contribution is -2.13. The average Bonchev–Trinajstić information content (AvgIpc) is 3.15. The highest BCUT2D eigenvalue weighted by Gasteiger charge is 2.15. The highest BCUT2D eigenvalue weighted by atomic mass is 16.5. The molecule has 1 heterocycles. The largest absolute Gasteiger partial charge is 0.496 e. The van der Waals surface area contributed by atoms with E-state index in [0.717, 1.165) is 27.7 Å². The monoisotopic (exact) mass is 386 g/mol. The van der Waals surface area contributed by atoms with Crippen LogP contribution in [0.15, 0.2) is 66.7 Å². The van der Waals surface area contributed by atoms with Gasteiger partial charge >= 0.3 is 0 Å². The van der Waals surface area contributed by atoms with E-state index in [1.807, 2.05) is 38.4 Å². The Morgan fingerprint density at radius 3 is 2.45 bits per heavy atom. The third-order valence-electron chi connectivity index (χ3n) is 4.86. The molecule has 0 aliphatic rings. The Hall–Kier alpha value is -3.80. The van der Waals surface area contributed by atoms with Gasteiger partial charge in [0.2, 0.25) is 0 Å². The number of nitrogens with one attached hydrogen (secondary N) is 2. The molecule has 3 aromatic carbocycles. The topological polar surface area (TPSA) is 70.2 Å². The van der Waals surface area contributed by atoms with Crippen LogP contribution in [-0.2, 0) is 0 Å². The van der Waals surface area contributed by atoms with Crippen molar-refractivity contribution >= 4 is 28.3 Å². The predicted octanol–water partition coefficient (Wildman–Crippen LogP) is 4.56. The minimum absolute atomic E-state index is 0.265. The summed E-state index contributed by atoms with van der Waals surface area (Å²) in [5.41, 5.74) is 4.66. The highest BCUT2D eigenvalue weighted by Crippen LogP contribution is 2.29. The van der Waals surface area contributed by atoms with Crippen molar-refractivity contribution in [2.24, 2.45) is 0 Å². The molecule has 0 saturated heterocycles. The van der Waals surface area contributed by atoms with Gasteiger partial charge in [0.1, 0.15) is 5.75 Å². The van der Waals surface area contributed by atoms with E-state index in [2.05, 4.69) is 44.7 Å². The molecule has 29 heavy (non-hydrogen) atoms. The Balaban J connectivity index is 1.61. The zero-order chi connectivity index (χ0) is 20.4. The number of rotatable bonds is 5. The number of para-hydroxylation sites is 1. The van der Waals surface area contributed by atoms with Gasteiger partial charge in [-0.25, -0.2) is 0 Å². The van der Waals surface area contributed by atoms with Gasteiger partial charge in [0.25, 0.3) is 5.91 Å². The molecule has 6 nitrogen and oxygen atoms in total. The van der Waals surface area contributed by atoms with E-state index in [4.69, 9.17) is 4.74 Å². The van der Waals surface area contributed by atoms with Gasteiger partial charge in [-0.2, -0.15) is 5.10 Å². The molecule has 0 saturated carbocycles. The van der Waals surface area contributed by atoms with Gasteiger partial charge in [-0.3, -0.25) is 9.89 Å². The van der Waals surface area contributed by atoms with Gasteiger partial charge in [0, 0.05) is 25.2 Å². The van der Waals surface area contributed by atoms with Crippen molar-refractivity contribution in [3.63, 3.8) is 0 Å². The zero-order valence-electron chi connectivity index (χ0n) is 16.6. The van der Waals surface area contributed by atoms with Crippen LogP contribution >= 0.6 is 0 Å². The van der Waals surface area contributed by atoms with E-state index in [9.17, 15) is 4.79 Å². The molecule has 0 radical (unpaired) electrons. The number of carbonyl (C=O) groups excluding carboxylic acids is 1. The summed E-state index contributed by atoms with van der Waals surface area (Å²) in [6.07, 6.45) is 0. The van der Waals surface area contributed by atoms with Gasteiger partial charge in [-0.05, 0) is 47.5 Å². The molecule has 0 bridgehead atoms. The van der Waals surface area contributed by atoms with Crippen LogP contribution in [0, 0.1) is 0 Å². The molecular weight excluding hydrogens is 364 g/mol. The van der Waals surface area contributed by atoms with E-state index in [0.29, 0.717) is 17.1 Å². The smallest absolute Gasteiger partial charge is 0.260 e. The standard InChI is InChI=1S/C23H22N4O2/c1-27(2)17-11-8-15(9-12-17)16-10-13-18-20(14-16)25-26-22(18)24-23(28)19-6-4-5-7-21(19)29-3/h4-14H,1-3H3,(H2,24,25,26,28). The molecule has 0 unspecified atom stereocenters. The van der Waals surface area contributed by atoms with Crippen molar-refractivity contribution in [2.75, 3.05) is 31.4 Å². The first kappa shape index (κ1) is 18.6. The van der Waals surface area contributed by atoms with Crippen molar-refractivity contribution in [1.29, 1.82) is 0 Å². The lowest BCUT2D eigenvalue weighted by Gasteiger charge is -2.12. The third kappa shape index (κ3) is 3.65. The highest BCUT2D eigenvalue weighted by molar-refractivity contribution is 6.09. The van der Waals surface area contributed by atoms with Gasteiger partial charge in [-0.15, -0.1) is 0 Å². The van der Waals surface area contributed by atoms with Crippen LogP contribution in [0.5, 0.6) is 5.75 Å². The number of hydrogen-bond donors (Lipinski definition) is 2. The van der Waals surface area contributed by atoms with Gasteiger partial charge in [-0.1, -0.05) is 30.3 Å². The molecule has 146 valence electrons. The summed E-state index contributed by atoms with van der Waals surface area (Å²) in [4.78, 5) is 14.7. The first-order valence-corrected chi connectivity index (χ1v) is 9.27. The fourth-order valence-electron chi connectivity index (χ4n) is 3.25. The van der Waals surface area contributed by atoms with E-state index >= 15 is 0 Å². The van der Waals surface area contributed by atoms with Gasteiger partial charge in [0.05, 0.1) is 18.2 Å². The van der Waals surface area contributed by atoms with Crippen molar-refractivity contribution in [1.82, 2.24) is 10.2 Å². The van der Waals surface area contributed by atoms with Crippen LogP contribution in [0.2, 0.25) is 0 Å². The first-order valence-electron chi connectivity index (χ1n) is 9.27. The van der Waals surface area contributed by atoms with E-state index in [1.165, 1.54) is 0 Å². The molecule has 2 N–H and O–H groups in total. The molecule has 0 aliphatic carbocycles. The van der Waals surface area contributed by atoms with E-state index < -0.39 is 0 Å². The average molecular weight is 386 g/mol. The fourth-order valence-corrected chi connectivity index (χ4v) is 3.25. The first-order chi connectivity index (χ1) is 14.1. The number of nitrogens with zero attached hydrogens (tertiary/aromatic N) is 2. The second kappa shape index (κ2) is 7.67. The summed E-state index contributed by atoms with van der Waals surface area (Å²) in [5.74, 6) is 0.748. The number of aromatic nitrogens is 2. The minimum Gasteiger partial charge on any atom is -0.496 e. The van der Waals surface area contributed by atoms with Gasteiger partial charge in [0.15, 0.2) is 5.82 Å². The number of methoxy groups -OCH3 is 1. The molecule has 1 aromatic heterocycles. The predicted molar refractivity (Wildman–Crippen MR) is 117 cm³/mol. The normalized spacial score (nSPS) is 10.7. The van der Waals surface area contributed by atoms with Crippen LogP contribution < -0.4 is 15.0 Å². The van der Waals surface area contributed by atoms with Crippen molar-refractivity contribution in [3.8, 4) is 16.9 Å². The molecule has 4 rings (SSSR count). The quantitative estimate of drug-likeness (QED) is 0.528.